The minimum atomic E-state index is 0.282. The Hall–Kier alpha value is -0.0400. The van der Waals surface area contributed by atoms with E-state index in [-0.39, 0.29) is 5.54 Å². The molecule has 0 amide bonds. The highest BCUT2D eigenvalue weighted by molar-refractivity contribution is 4.88. The van der Waals surface area contributed by atoms with Gasteiger partial charge in [0.25, 0.3) is 0 Å². The van der Waals surface area contributed by atoms with Gasteiger partial charge in [0.05, 0.1) is 0 Å². The van der Waals surface area contributed by atoms with Crippen LogP contribution in [-0.2, 0) is 0 Å². The number of hydrogen-bond acceptors (Lipinski definition) is 1. The molecular formula is C14H29N. The average molecular weight is 211 g/mol. The highest BCUT2D eigenvalue weighted by Gasteiger charge is 2.32. The molecular weight excluding hydrogens is 182 g/mol. The number of rotatable bonds is 4. The van der Waals surface area contributed by atoms with Crippen molar-refractivity contribution in [3.63, 3.8) is 0 Å². The van der Waals surface area contributed by atoms with E-state index in [0.29, 0.717) is 0 Å². The van der Waals surface area contributed by atoms with Crippen LogP contribution in [0.3, 0.4) is 0 Å². The van der Waals surface area contributed by atoms with Crippen molar-refractivity contribution >= 4 is 0 Å². The van der Waals surface area contributed by atoms with Gasteiger partial charge in [0.15, 0.2) is 0 Å². The molecule has 0 aliphatic heterocycles. The van der Waals surface area contributed by atoms with Gasteiger partial charge >= 0.3 is 0 Å². The summed E-state index contributed by atoms with van der Waals surface area (Å²) in [5.74, 6) is 1.90. The number of unbranched alkanes of at least 4 members (excludes halogenated alkanes) is 1. The molecule has 3 atom stereocenters. The summed E-state index contributed by atoms with van der Waals surface area (Å²) in [4.78, 5) is 0. The van der Waals surface area contributed by atoms with Crippen molar-refractivity contribution in [1.82, 2.24) is 5.32 Å². The topological polar surface area (TPSA) is 12.0 Å². The summed E-state index contributed by atoms with van der Waals surface area (Å²) in [7, 11) is 0. The van der Waals surface area contributed by atoms with Crippen LogP contribution in [0.15, 0.2) is 0 Å². The van der Waals surface area contributed by atoms with Crippen molar-refractivity contribution in [3.05, 3.63) is 0 Å². The van der Waals surface area contributed by atoms with Crippen molar-refractivity contribution < 1.29 is 0 Å². The van der Waals surface area contributed by atoms with Gasteiger partial charge in [-0.2, -0.15) is 0 Å². The van der Waals surface area contributed by atoms with E-state index >= 15 is 0 Å². The van der Waals surface area contributed by atoms with Crippen molar-refractivity contribution in [2.75, 3.05) is 0 Å². The van der Waals surface area contributed by atoms with Crippen LogP contribution in [0.5, 0.6) is 0 Å². The zero-order valence-corrected chi connectivity index (χ0v) is 11.3. The first-order valence-corrected chi connectivity index (χ1v) is 6.70. The molecule has 0 radical (unpaired) electrons. The lowest BCUT2D eigenvalue weighted by atomic mass is 9.93. The molecule has 0 spiro atoms. The summed E-state index contributed by atoms with van der Waals surface area (Å²) in [6.07, 6.45) is 6.99. The minimum Gasteiger partial charge on any atom is -0.309 e. The van der Waals surface area contributed by atoms with Gasteiger partial charge < -0.3 is 5.32 Å². The molecule has 1 N–H and O–H groups in total. The number of nitrogens with one attached hydrogen (secondary N) is 1. The van der Waals surface area contributed by atoms with E-state index in [4.69, 9.17) is 0 Å². The smallest absolute Gasteiger partial charge is 0.00991 e. The van der Waals surface area contributed by atoms with E-state index in [1.807, 2.05) is 0 Å². The van der Waals surface area contributed by atoms with Gasteiger partial charge in [-0.25, -0.2) is 0 Å². The molecule has 0 bridgehead atoms. The van der Waals surface area contributed by atoms with Crippen LogP contribution in [0.4, 0.5) is 0 Å². The normalized spacial score (nSPS) is 32.2. The lowest BCUT2D eigenvalue weighted by Crippen LogP contribution is -2.42. The van der Waals surface area contributed by atoms with Crippen LogP contribution in [0.1, 0.15) is 66.7 Å². The first-order valence-electron chi connectivity index (χ1n) is 6.70. The van der Waals surface area contributed by atoms with Gasteiger partial charge in [-0.15, -0.1) is 0 Å². The molecule has 0 aromatic carbocycles. The lowest BCUT2D eigenvalue weighted by Gasteiger charge is -2.26. The monoisotopic (exact) mass is 211 g/mol. The third-order valence-electron chi connectivity index (χ3n) is 3.61. The van der Waals surface area contributed by atoms with Crippen molar-refractivity contribution in [2.24, 2.45) is 11.8 Å². The fraction of sp³-hybridized carbons (Fsp3) is 1.00. The van der Waals surface area contributed by atoms with Crippen LogP contribution in [0.2, 0.25) is 0 Å². The Kier molecular flexibility index (Phi) is 4.64. The third kappa shape index (κ3) is 4.55. The Bertz CT molecular complexity index is 180. The van der Waals surface area contributed by atoms with Gasteiger partial charge in [0, 0.05) is 11.6 Å². The van der Waals surface area contributed by atoms with E-state index in [9.17, 15) is 0 Å². The van der Waals surface area contributed by atoms with Crippen LogP contribution in [-0.4, -0.2) is 11.6 Å². The molecule has 0 aromatic heterocycles. The second-order valence-electron chi connectivity index (χ2n) is 6.44. The predicted octanol–water partition coefficient (Wildman–Crippen LogP) is 3.98. The van der Waals surface area contributed by atoms with E-state index in [1.165, 1.54) is 32.1 Å². The molecule has 1 rings (SSSR count). The molecule has 3 unspecified atom stereocenters. The Labute approximate surface area is 96.0 Å². The highest BCUT2D eigenvalue weighted by atomic mass is 15.0. The van der Waals surface area contributed by atoms with E-state index in [1.54, 1.807) is 0 Å². The Morgan fingerprint density at radius 1 is 1.20 bits per heavy atom. The first-order chi connectivity index (χ1) is 6.92. The van der Waals surface area contributed by atoms with Gasteiger partial charge in [-0.3, -0.25) is 0 Å². The minimum absolute atomic E-state index is 0.282. The molecule has 0 heterocycles. The quantitative estimate of drug-likeness (QED) is 0.741. The van der Waals surface area contributed by atoms with Crippen LogP contribution >= 0.6 is 0 Å². The zero-order valence-electron chi connectivity index (χ0n) is 11.3. The molecule has 1 aliphatic carbocycles. The molecule has 0 saturated heterocycles. The SMILES string of the molecule is CCCCC1CC(NC(C)(C)C)CC1C. The Morgan fingerprint density at radius 2 is 1.87 bits per heavy atom. The maximum atomic E-state index is 3.75. The second kappa shape index (κ2) is 5.34. The van der Waals surface area contributed by atoms with E-state index < -0.39 is 0 Å². The summed E-state index contributed by atoms with van der Waals surface area (Å²) in [5, 5.41) is 3.75. The van der Waals surface area contributed by atoms with Crippen molar-refractivity contribution in [3.8, 4) is 0 Å². The van der Waals surface area contributed by atoms with Crippen molar-refractivity contribution in [1.29, 1.82) is 0 Å². The molecule has 1 aliphatic rings. The predicted molar refractivity (Wildman–Crippen MR) is 68.1 cm³/mol. The molecule has 15 heavy (non-hydrogen) atoms. The molecule has 1 saturated carbocycles. The van der Waals surface area contributed by atoms with Gasteiger partial charge in [0.1, 0.15) is 0 Å². The van der Waals surface area contributed by atoms with Gasteiger partial charge in [-0.1, -0.05) is 33.1 Å². The highest BCUT2D eigenvalue weighted by Crippen LogP contribution is 2.35. The van der Waals surface area contributed by atoms with Crippen LogP contribution < -0.4 is 5.32 Å². The van der Waals surface area contributed by atoms with Crippen LogP contribution in [0.25, 0.3) is 0 Å². The molecule has 1 nitrogen and oxygen atoms in total. The maximum Gasteiger partial charge on any atom is 0.00991 e. The second-order valence-corrected chi connectivity index (χ2v) is 6.44. The summed E-state index contributed by atoms with van der Waals surface area (Å²) in [6, 6.07) is 0.766. The molecule has 1 fully saturated rings. The maximum absolute atomic E-state index is 3.75. The summed E-state index contributed by atoms with van der Waals surface area (Å²) >= 11 is 0. The molecule has 1 heteroatoms. The lowest BCUT2D eigenvalue weighted by molar-refractivity contribution is 0.350. The summed E-state index contributed by atoms with van der Waals surface area (Å²) < 4.78 is 0. The molecule has 90 valence electrons. The van der Waals surface area contributed by atoms with E-state index in [2.05, 4.69) is 39.9 Å². The summed E-state index contributed by atoms with van der Waals surface area (Å²) in [5.41, 5.74) is 0.282. The largest absolute Gasteiger partial charge is 0.309 e. The first kappa shape index (κ1) is 13.0. The average Bonchev–Trinajstić information content (AvgIpc) is 2.39. The van der Waals surface area contributed by atoms with Gasteiger partial charge in [0.2, 0.25) is 0 Å². The van der Waals surface area contributed by atoms with E-state index in [0.717, 1.165) is 17.9 Å². The Morgan fingerprint density at radius 3 is 2.40 bits per heavy atom. The fourth-order valence-corrected chi connectivity index (χ4v) is 2.93. The zero-order chi connectivity index (χ0) is 11.5. The Balaban J connectivity index is 2.35. The molecule has 0 aromatic rings. The van der Waals surface area contributed by atoms with Crippen LogP contribution in [0, 0.1) is 11.8 Å². The standard InChI is InChI=1S/C14H29N/c1-6-7-8-12-10-13(9-11(12)2)15-14(3,4)5/h11-13,15H,6-10H2,1-5H3. The fourth-order valence-electron chi connectivity index (χ4n) is 2.93. The number of hydrogen-bond donors (Lipinski definition) is 1. The third-order valence-corrected chi connectivity index (χ3v) is 3.61. The van der Waals surface area contributed by atoms with Crippen molar-refractivity contribution in [2.45, 2.75) is 78.3 Å². The summed E-state index contributed by atoms with van der Waals surface area (Å²) in [6.45, 7) is 11.6. The van der Waals surface area contributed by atoms with Gasteiger partial charge in [-0.05, 0) is 45.4 Å².